The third-order valence-electron chi connectivity index (χ3n) is 4.25. The highest BCUT2D eigenvalue weighted by Gasteiger charge is 2.21. The molecule has 26 heavy (non-hydrogen) atoms. The van der Waals surface area contributed by atoms with Crippen LogP contribution < -0.4 is 10.6 Å². The largest absolute Gasteiger partial charge is 0.356 e. The third-order valence-corrected chi connectivity index (χ3v) is 4.60. The molecule has 2 rings (SSSR count). The van der Waals surface area contributed by atoms with Gasteiger partial charge in [0, 0.05) is 37.7 Å². The van der Waals surface area contributed by atoms with E-state index in [2.05, 4.69) is 15.6 Å². The fraction of sp³-hybridized carbons (Fsp3) is 0.588. The number of guanidine groups is 1. The molecule has 1 aromatic rings. The second-order valence-corrected chi connectivity index (χ2v) is 6.50. The van der Waals surface area contributed by atoms with Crippen LogP contribution in [0, 0.1) is 5.82 Å². The molecule has 0 amide bonds. The van der Waals surface area contributed by atoms with Crippen LogP contribution in [-0.4, -0.2) is 56.6 Å². The first-order valence-corrected chi connectivity index (χ1v) is 8.77. The monoisotopic (exact) mass is 504 g/mol. The highest BCUT2D eigenvalue weighted by atomic mass is 127. The van der Waals surface area contributed by atoms with Crippen molar-refractivity contribution >= 4 is 41.5 Å². The number of likely N-dealkylation sites (tertiary alicyclic amines) is 1. The SMILES string of the molecule is CN=C(NCCc1ccc(F)cc1Cl)NC1CCN(CC(F)F)CC1.I. The number of nitrogens with zero attached hydrogens (tertiary/aromatic N) is 2. The first kappa shape index (κ1) is 23.3. The number of hydrogen-bond acceptors (Lipinski definition) is 2. The van der Waals surface area contributed by atoms with Gasteiger partial charge in [0.1, 0.15) is 5.82 Å². The van der Waals surface area contributed by atoms with Crippen molar-refractivity contribution in [1.82, 2.24) is 15.5 Å². The first-order chi connectivity index (χ1) is 12.0. The molecule has 1 fully saturated rings. The Bertz CT molecular complexity index is 581. The molecule has 0 aromatic heterocycles. The molecule has 9 heteroatoms. The van der Waals surface area contributed by atoms with Gasteiger partial charge in [0.25, 0.3) is 6.43 Å². The van der Waals surface area contributed by atoms with Crippen molar-refractivity contribution in [2.75, 3.05) is 33.2 Å². The van der Waals surface area contributed by atoms with Crippen molar-refractivity contribution in [3.05, 3.63) is 34.6 Å². The fourth-order valence-electron chi connectivity index (χ4n) is 2.88. The molecule has 0 spiro atoms. The van der Waals surface area contributed by atoms with Gasteiger partial charge in [0.15, 0.2) is 5.96 Å². The van der Waals surface area contributed by atoms with E-state index in [0.29, 0.717) is 37.0 Å². The summed E-state index contributed by atoms with van der Waals surface area (Å²) in [4.78, 5) is 5.97. The predicted molar refractivity (Wildman–Crippen MR) is 110 cm³/mol. The number of nitrogens with one attached hydrogen (secondary N) is 2. The van der Waals surface area contributed by atoms with Gasteiger partial charge >= 0.3 is 0 Å². The molecule has 1 heterocycles. The molecular weight excluding hydrogens is 480 g/mol. The summed E-state index contributed by atoms with van der Waals surface area (Å²) in [5, 5.41) is 6.94. The lowest BCUT2D eigenvalue weighted by atomic mass is 10.1. The minimum absolute atomic E-state index is 0. The van der Waals surface area contributed by atoms with Crippen LogP contribution in [-0.2, 0) is 6.42 Å². The van der Waals surface area contributed by atoms with Crippen LogP contribution in [0.25, 0.3) is 0 Å². The summed E-state index contributed by atoms with van der Waals surface area (Å²) in [6.07, 6.45) is -0.0293. The molecule has 0 saturated carbocycles. The molecule has 0 atom stereocenters. The van der Waals surface area contributed by atoms with Crippen molar-refractivity contribution in [2.24, 2.45) is 4.99 Å². The topological polar surface area (TPSA) is 39.7 Å². The number of piperidine rings is 1. The Morgan fingerprint density at radius 3 is 2.62 bits per heavy atom. The predicted octanol–water partition coefficient (Wildman–Crippen LogP) is 3.53. The lowest BCUT2D eigenvalue weighted by molar-refractivity contribution is 0.0744. The van der Waals surface area contributed by atoms with Gasteiger partial charge < -0.3 is 10.6 Å². The zero-order valence-corrected chi connectivity index (χ0v) is 17.7. The van der Waals surface area contributed by atoms with E-state index in [1.807, 2.05) is 0 Å². The van der Waals surface area contributed by atoms with Crippen LogP contribution in [0.2, 0.25) is 5.02 Å². The Morgan fingerprint density at radius 2 is 2.04 bits per heavy atom. The second-order valence-electron chi connectivity index (χ2n) is 6.10. The minimum Gasteiger partial charge on any atom is -0.356 e. The first-order valence-electron chi connectivity index (χ1n) is 8.39. The number of aliphatic imine (C=N–C) groups is 1. The van der Waals surface area contributed by atoms with Crippen molar-refractivity contribution in [2.45, 2.75) is 31.7 Å². The van der Waals surface area contributed by atoms with Crippen LogP contribution in [0.4, 0.5) is 13.2 Å². The van der Waals surface area contributed by atoms with Gasteiger partial charge in [0.05, 0.1) is 6.54 Å². The van der Waals surface area contributed by atoms with Gasteiger partial charge in [-0.15, -0.1) is 24.0 Å². The molecule has 148 valence electrons. The van der Waals surface area contributed by atoms with E-state index >= 15 is 0 Å². The number of alkyl halides is 2. The molecule has 1 aromatic carbocycles. The number of rotatable bonds is 6. The Morgan fingerprint density at radius 1 is 1.35 bits per heavy atom. The highest BCUT2D eigenvalue weighted by Crippen LogP contribution is 2.17. The Labute approximate surface area is 174 Å². The molecule has 0 unspecified atom stereocenters. The molecule has 1 saturated heterocycles. The smallest absolute Gasteiger partial charge is 0.251 e. The summed E-state index contributed by atoms with van der Waals surface area (Å²) in [5.74, 6) is 0.322. The summed E-state index contributed by atoms with van der Waals surface area (Å²) < 4.78 is 37.8. The summed E-state index contributed by atoms with van der Waals surface area (Å²) in [6, 6.07) is 4.59. The van der Waals surface area contributed by atoms with Gasteiger partial charge in [0.2, 0.25) is 0 Å². The maximum absolute atomic E-state index is 13.0. The normalized spacial score (nSPS) is 16.5. The Balaban J connectivity index is 0.00000338. The standard InChI is InChI=1S/C17H24ClF3N4.HI/c1-22-17(23-7-4-12-2-3-13(19)10-15(12)18)24-14-5-8-25(9-6-14)11-16(20)21;/h2-3,10,14,16H,4-9,11H2,1H3,(H2,22,23,24);1H. The summed E-state index contributed by atoms with van der Waals surface area (Å²) in [6.45, 7) is 1.77. The fourth-order valence-corrected chi connectivity index (χ4v) is 3.14. The Kier molecular flexibility index (Phi) is 10.6. The molecule has 4 nitrogen and oxygen atoms in total. The molecule has 0 aliphatic carbocycles. The Hall–Kier alpha value is -0.740. The molecule has 0 bridgehead atoms. The summed E-state index contributed by atoms with van der Waals surface area (Å²) >= 11 is 6.01. The zero-order chi connectivity index (χ0) is 18.2. The number of hydrogen-bond donors (Lipinski definition) is 2. The van der Waals surface area contributed by atoms with Crippen LogP contribution in [0.15, 0.2) is 23.2 Å². The average Bonchev–Trinajstić information content (AvgIpc) is 2.57. The highest BCUT2D eigenvalue weighted by molar-refractivity contribution is 14.0. The van der Waals surface area contributed by atoms with Crippen molar-refractivity contribution < 1.29 is 13.2 Å². The lowest BCUT2D eigenvalue weighted by Crippen LogP contribution is -2.49. The van der Waals surface area contributed by atoms with Crippen molar-refractivity contribution in [3.63, 3.8) is 0 Å². The molecule has 1 aliphatic rings. The van der Waals surface area contributed by atoms with E-state index in [-0.39, 0.29) is 42.4 Å². The maximum Gasteiger partial charge on any atom is 0.251 e. The van der Waals surface area contributed by atoms with Crippen molar-refractivity contribution in [3.8, 4) is 0 Å². The van der Waals surface area contributed by atoms with Crippen LogP contribution in [0.1, 0.15) is 18.4 Å². The lowest BCUT2D eigenvalue weighted by Gasteiger charge is -2.32. The maximum atomic E-state index is 13.0. The number of halogens is 5. The second kappa shape index (κ2) is 11.9. The van der Waals surface area contributed by atoms with Gasteiger partial charge in [-0.3, -0.25) is 9.89 Å². The van der Waals surface area contributed by atoms with Crippen LogP contribution in [0.5, 0.6) is 0 Å². The molecule has 0 radical (unpaired) electrons. The minimum atomic E-state index is -2.28. The number of benzene rings is 1. The van der Waals surface area contributed by atoms with Gasteiger partial charge in [-0.25, -0.2) is 13.2 Å². The molecule has 1 aliphatic heterocycles. The van der Waals surface area contributed by atoms with E-state index < -0.39 is 6.43 Å². The van der Waals surface area contributed by atoms with Crippen LogP contribution in [0.3, 0.4) is 0 Å². The van der Waals surface area contributed by atoms with Gasteiger partial charge in [-0.1, -0.05) is 17.7 Å². The van der Waals surface area contributed by atoms with Gasteiger partial charge in [-0.05, 0) is 37.0 Å². The zero-order valence-electron chi connectivity index (χ0n) is 14.7. The molecular formula is C17H25ClF3IN4. The quantitative estimate of drug-likeness (QED) is 0.354. The van der Waals surface area contributed by atoms with Crippen LogP contribution >= 0.6 is 35.6 Å². The summed E-state index contributed by atoms with van der Waals surface area (Å²) in [5.41, 5.74) is 0.867. The van der Waals surface area contributed by atoms with Gasteiger partial charge in [-0.2, -0.15) is 0 Å². The van der Waals surface area contributed by atoms with Crippen molar-refractivity contribution in [1.29, 1.82) is 0 Å². The van der Waals surface area contributed by atoms with E-state index in [9.17, 15) is 13.2 Å². The average molecular weight is 505 g/mol. The van der Waals surface area contributed by atoms with E-state index in [0.717, 1.165) is 18.4 Å². The van der Waals surface area contributed by atoms with E-state index in [1.54, 1.807) is 18.0 Å². The van der Waals surface area contributed by atoms with E-state index in [4.69, 9.17) is 11.6 Å². The van der Waals surface area contributed by atoms with E-state index in [1.165, 1.54) is 12.1 Å². The molecule has 2 N–H and O–H groups in total. The summed E-state index contributed by atoms with van der Waals surface area (Å²) in [7, 11) is 1.69. The third kappa shape index (κ3) is 7.87.